The summed E-state index contributed by atoms with van der Waals surface area (Å²) in [5.41, 5.74) is 3.22. The first-order chi connectivity index (χ1) is 13.9. The molecule has 4 heteroatoms. The van der Waals surface area contributed by atoms with Gasteiger partial charge in [-0.3, -0.25) is 4.98 Å². The lowest BCUT2D eigenvalue weighted by atomic mass is 9.99. The zero-order valence-electron chi connectivity index (χ0n) is 15.9. The van der Waals surface area contributed by atoms with E-state index in [9.17, 15) is 0 Å². The van der Waals surface area contributed by atoms with Gasteiger partial charge in [-0.05, 0) is 36.6 Å². The number of para-hydroxylation sites is 1. The maximum Gasteiger partial charge on any atom is 0.125 e. The normalized spacial score (nSPS) is 19.3. The molecular weight excluding hydrogens is 350 g/mol. The van der Waals surface area contributed by atoms with Gasteiger partial charge in [0.05, 0.1) is 31.1 Å². The first-order valence-corrected chi connectivity index (χ1v) is 9.77. The summed E-state index contributed by atoms with van der Waals surface area (Å²) in [6.07, 6.45) is 3.82. The summed E-state index contributed by atoms with van der Waals surface area (Å²) < 4.78 is 18.2. The Morgan fingerprint density at radius 3 is 2.46 bits per heavy atom. The lowest BCUT2D eigenvalue weighted by Crippen LogP contribution is -2.27. The molecule has 3 aromatic rings. The average Bonchev–Trinajstić information content (AvgIpc) is 2.78. The van der Waals surface area contributed by atoms with Crippen LogP contribution < -0.4 is 4.74 Å². The molecule has 0 unspecified atom stereocenters. The van der Waals surface area contributed by atoms with E-state index in [2.05, 4.69) is 23.2 Å². The van der Waals surface area contributed by atoms with Crippen molar-refractivity contribution >= 4 is 0 Å². The number of benzene rings is 2. The van der Waals surface area contributed by atoms with Gasteiger partial charge >= 0.3 is 0 Å². The Labute approximate surface area is 166 Å². The molecule has 1 fully saturated rings. The molecule has 0 radical (unpaired) electrons. The van der Waals surface area contributed by atoms with Crippen molar-refractivity contribution in [1.82, 2.24) is 4.98 Å². The van der Waals surface area contributed by atoms with E-state index in [-0.39, 0.29) is 12.2 Å². The Morgan fingerprint density at radius 2 is 1.68 bits per heavy atom. The molecule has 2 aromatic carbocycles. The molecule has 4 rings (SSSR count). The van der Waals surface area contributed by atoms with Crippen molar-refractivity contribution in [3.8, 4) is 5.75 Å². The van der Waals surface area contributed by atoms with Crippen molar-refractivity contribution in [3.05, 3.63) is 95.8 Å². The van der Waals surface area contributed by atoms with Gasteiger partial charge < -0.3 is 14.2 Å². The SMILES string of the molecule is c1ccc(COc2ccccc2[C@@H]2CC[C@H](OCc3ccccn3)CO2)cc1. The molecule has 0 spiro atoms. The second-order valence-corrected chi connectivity index (χ2v) is 6.97. The molecule has 0 aliphatic carbocycles. The number of hydrogen-bond donors (Lipinski definition) is 0. The van der Waals surface area contributed by atoms with Crippen LogP contribution >= 0.6 is 0 Å². The monoisotopic (exact) mass is 375 g/mol. The van der Waals surface area contributed by atoms with Crippen LogP contribution in [0.5, 0.6) is 5.75 Å². The van der Waals surface area contributed by atoms with E-state index in [0.29, 0.717) is 19.8 Å². The van der Waals surface area contributed by atoms with E-state index in [1.807, 2.05) is 54.6 Å². The number of aromatic nitrogens is 1. The number of hydrogen-bond acceptors (Lipinski definition) is 4. The summed E-state index contributed by atoms with van der Waals surface area (Å²) in [7, 11) is 0. The fourth-order valence-electron chi connectivity index (χ4n) is 3.40. The van der Waals surface area contributed by atoms with Gasteiger partial charge in [0.2, 0.25) is 0 Å². The third-order valence-electron chi connectivity index (χ3n) is 4.93. The first kappa shape index (κ1) is 18.7. The highest BCUT2D eigenvalue weighted by atomic mass is 16.5. The lowest BCUT2D eigenvalue weighted by Gasteiger charge is -2.30. The van der Waals surface area contributed by atoms with Gasteiger partial charge in [0.25, 0.3) is 0 Å². The Hall–Kier alpha value is -2.69. The van der Waals surface area contributed by atoms with Gasteiger partial charge in [0.15, 0.2) is 0 Å². The van der Waals surface area contributed by atoms with Crippen molar-refractivity contribution in [3.63, 3.8) is 0 Å². The van der Waals surface area contributed by atoms with Crippen LogP contribution in [0.3, 0.4) is 0 Å². The van der Waals surface area contributed by atoms with E-state index < -0.39 is 0 Å². The summed E-state index contributed by atoms with van der Waals surface area (Å²) in [6.45, 7) is 1.67. The van der Waals surface area contributed by atoms with Gasteiger partial charge in [-0.2, -0.15) is 0 Å². The molecule has 2 atom stereocenters. The predicted octanol–water partition coefficient (Wildman–Crippen LogP) is 5.10. The van der Waals surface area contributed by atoms with Crippen LogP contribution in [0, 0.1) is 0 Å². The number of ether oxygens (including phenoxy) is 3. The quantitative estimate of drug-likeness (QED) is 0.576. The van der Waals surface area contributed by atoms with Crippen LogP contribution in [0.4, 0.5) is 0 Å². The van der Waals surface area contributed by atoms with Gasteiger partial charge in [-0.15, -0.1) is 0 Å². The van der Waals surface area contributed by atoms with Crippen LogP contribution in [0.25, 0.3) is 0 Å². The minimum atomic E-state index is 0.0432. The van der Waals surface area contributed by atoms with E-state index >= 15 is 0 Å². The molecule has 28 heavy (non-hydrogen) atoms. The Bertz CT molecular complexity index is 846. The zero-order chi connectivity index (χ0) is 19.0. The van der Waals surface area contributed by atoms with Crippen LogP contribution in [-0.2, 0) is 22.7 Å². The van der Waals surface area contributed by atoms with E-state index in [0.717, 1.165) is 35.4 Å². The largest absolute Gasteiger partial charge is 0.489 e. The van der Waals surface area contributed by atoms with Crippen LogP contribution in [0.1, 0.15) is 35.8 Å². The molecule has 0 saturated carbocycles. The molecule has 1 saturated heterocycles. The third kappa shape index (κ3) is 4.97. The summed E-state index contributed by atoms with van der Waals surface area (Å²) >= 11 is 0. The fraction of sp³-hybridized carbons (Fsp3) is 0.292. The second-order valence-electron chi connectivity index (χ2n) is 6.97. The maximum atomic E-state index is 6.13. The molecule has 144 valence electrons. The van der Waals surface area contributed by atoms with Crippen molar-refractivity contribution in [2.24, 2.45) is 0 Å². The van der Waals surface area contributed by atoms with Gasteiger partial charge in [-0.25, -0.2) is 0 Å². The lowest BCUT2D eigenvalue weighted by molar-refractivity contribution is -0.0931. The standard InChI is InChI=1S/C24H25NO3/c1-2-8-19(9-3-1)16-27-23-12-5-4-11-22(23)24-14-13-21(18-28-24)26-17-20-10-6-7-15-25-20/h1-12,15,21,24H,13-14,16-18H2/t21-,24-/m0/s1. The Morgan fingerprint density at radius 1 is 0.857 bits per heavy atom. The minimum Gasteiger partial charge on any atom is -0.489 e. The number of nitrogens with zero attached hydrogens (tertiary/aromatic N) is 1. The smallest absolute Gasteiger partial charge is 0.125 e. The highest BCUT2D eigenvalue weighted by Crippen LogP contribution is 2.35. The second kappa shape index (κ2) is 9.49. The van der Waals surface area contributed by atoms with Crippen molar-refractivity contribution in [2.45, 2.75) is 38.3 Å². The third-order valence-corrected chi connectivity index (χ3v) is 4.93. The summed E-state index contributed by atoms with van der Waals surface area (Å²) in [5, 5.41) is 0. The molecule has 4 nitrogen and oxygen atoms in total. The molecule has 1 aliphatic heterocycles. The minimum absolute atomic E-state index is 0.0432. The summed E-state index contributed by atoms with van der Waals surface area (Å²) in [6, 6.07) is 24.2. The van der Waals surface area contributed by atoms with Crippen LogP contribution in [-0.4, -0.2) is 17.7 Å². The van der Waals surface area contributed by atoms with Gasteiger partial charge in [-0.1, -0.05) is 54.6 Å². The van der Waals surface area contributed by atoms with E-state index in [4.69, 9.17) is 14.2 Å². The van der Waals surface area contributed by atoms with Crippen molar-refractivity contribution in [1.29, 1.82) is 0 Å². The van der Waals surface area contributed by atoms with Crippen molar-refractivity contribution in [2.75, 3.05) is 6.61 Å². The number of rotatable bonds is 7. The molecular formula is C24H25NO3. The summed E-state index contributed by atoms with van der Waals surface area (Å²) in [4.78, 5) is 4.30. The fourth-order valence-corrected chi connectivity index (χ4v) is 3.40. The Balaban J connectivity index is 1.32. The topological polar surface area (TPSA) is 40.6 Å². The molecule has 1 aromatic heterocycles. The van der Waals surface area contributed by atoms with Crippen molar-refractivity contribution < 1.29 is 14.2 Å². The van der Waals surface area contributed by atoms with Crippen LogP contribution in [0.2, 0.25) is 0 Å². The zero-order valence-corrected chi connectivity index (χ0v) is 15.9. The molecule has 0 N–H and O–H groups in total. The molecule has 0 amide bonds. The predicted molar refractivity (Wildman–Crippen MR) is 108 cm³/mol. The van der Waals surface area contributed by atoms with Gasteiger partial charge in [0, 0.05) is 11.8 Å². The van der Waals surface area contributed by atoms with Gasteiger partial charge in [0.1, 0.15) is 12.4 Å². The maximum absolute atomic E-state index is 6.13. The summed E-state index contributed by atoms with van der Waals surface area (Å²) in [5.74, 6) is 0.893. The van der Waals surface area contributed by atoms with E-state index in [1.165, 1.54) is 0 Å². The first-order valence-electron chi connectivity index (χ1n) is 9.77. The highest BCUT2D eigenvalue weighted by molar-refractivity contribution is 5.35. The van der Waals surface area contributed by atoms with E-state index in [1.54, 1.807) is 6.20 Å². The average molecular weight is 375 g/mol. The van der Waals surface area contributed by atoms with Crippen LogP contribution in [0.15, 0.2) is 79.0 Å². The molecule has 1 aliphatic rings. The number of pyridine rings is 1. The Kier molecular flexibility index (Phi) is 6.32. The highest BCUT2D eigenvalue weighted by Gasteiger charge is 2.25. The molecule has 2 heterocycles. The molecule has 0 bridgehead atoms.